The minimum Gasteiger partial charge on any atom is -0.491 e. The summed E-state index contributed by atoms with van der Waals surface area (Å²) in [5.41, 5.74) is 1.57. The van der Waals surface area contributed by atoms with E-state index in [2.05, 4.69) is 26.8 Å². The van der Waals surface area contributed by atoms with Crippen LogP contribution in [0, 0.1) is 5.92 Å². The van der Waals surface area contributed by atoms with Gasteiger partial charge in [0.2, 0.25) is 14.3 Å². The van der Waals surface area contributed by atoms with E-state index in [9.17, 15) is 19.5 Å². The molecule has 1 N–H and O–H groups in total. The molecule has 0 bridgehead atoms. The molecule has 2 aromatic rings. The van der Waals surface area contributed by atoms with Crippen LogP contribution in [0.5, 0.6) is 5.75 Å². The molecule has 2 amide bonds. The van der Waals surface area contributed by atoms with Crippen LogP contribution < -0.4 is 15.2 Å². The molecule has 5 atom stereocenters. The molecule has 0 radical (unpaired) electrons. The van der Waals surface area contributed by atoms with Gasteiger partial charge < -0.3 is 28.5 Å². The van der Waals surface area contributed by atoms with Gasteiger partial charge in [-0.1, -0.05) is 30.2 Å². The summed E-state index contributed by atoms with van der Waals surface area (Å²) >= 11 is 0. The highest BCUT2D eigenvalue weighted by atomic mass is 28.4. The van der Waals surface area contributed by atoms with Crippen molar-refractivity contribution in [3.63, 3.8) is 0 Å². The van der Waals surface area contributed by atoms with Gasteiger partial charge in [-0.3, -0.25) is 19.0 Å². The molecular weight excluding hydrogens is 630 g/mol. The number of rotatable bonds is 11. The molecule has 0 saturated carbocycles. The van der Waals surface area contributed by atoms with Gasteiger partial charge in [-0.15, -0.1) is 0 Å². The molecule has 5 rings (SSSR count). The number of anilines is 1. The van der Waals surface area contributed by atoms with Gasteiger partial charge in [0, 0.05) is 42.0 Å². The quantitative estimate of drug-likeness (QED) is 0.177. The highest BCUT2D eigenvalue weighted by Gasteiger charge is 2.67. The van der Waals surface area contributed by atoms with Crippen LogP contribution in [-0.2, 0) is 19.9 Å². The van der Waals surface area contributed by atoms with E-state index in [1.165, 1.54) is 17.3 Å². The molecule has 3 aliphatic rings. The Bertz CT molecular complexity index is 1660. The van der Waals surface area contributed by atoms with E-state index in [0.29, 0.717) is 30.0 Å². The maximum atomic E-state index is 16.4. The van der Waals surface area contributed by atoms with Crippen molar-refractivity contribution in [3.05, 3.63) is 75.7 Å². The van der Waals surface area contributed by atoms with Crippen LogP contribution >= 0.6 is 0 Å². The Labute approximate surface area is 284 Å². The first-order chi connectivity index (χ1) is 22.7. The van der Waals surface area contributed by atoms with Gasteiger partial charge in [-0.25, -0.2) is 0 Å². The number of amides is 2. The number of aromatic nitrogens is 1. The topological polar surface area (TPSA) is 101 Å². The lowest BCUT2D eigenvalue weighted by molar-refractivity contribution is -0.149. The second-order valence-electron chi connectivity index (χ2n) is 14.3. The molecule has 1 aromatic carbocycles. The lowest BCUT2D eigenvalue weighted by atomic mass is 9.82. The minimum absolute atomic E-state index is 0.0748. The Balaban J connectivity index is 1.59. The van der Waals surface area contributed by atoms with E-state index in [0.717, 1.165) is 31.3 Å². The van der Waals surface area contributed by atoms with Crippen LogP contribution in [0.2, 0.25) is 18.6 Å². The number of carbonyl (C=O) groups excluding carboxylic acids is 2. The molecule has 11 heteroatoms. The molecule has 9 nitrogen and oxygen atoms in total. The number of fused-ring (bicyclic) bond motifs is 2. The summed E-state index contributed by atoms with van der Waals surface area (Å²) in [6.07, 6.45) is 8.24. The van der Waals surface area contributed by atoms with Gasteiger partial charge in [0.15, 0.2) is 11.4 Å². The minimum atomic E-state index is -3.51. The molecule has 48 heavy (non-hydrogen) atoms. The largest absolute Gasteiger partial charge is 0.491 e. The first-order valence-electron chi connectivity index (χ1n) is 17.0. The summed E-state index contributed by atoms with van der Waals surface area (Å²) in [4.78, 5) is 45.1. The fraction of sp³-hybridized carbons (Fsp3) is 0.541. The first-order valence-corrected chi connectivity index (χ1v) is 20.0. The van der Waals surface area contributed by atoms with Crippen molar-refractivity contribution in [1.29, 1.82) is 0 Å². The first kappa shape index (κ1) is 35.8. The number of aliphatic hydroxyl groups is 1. The summed E-state index contributed by atoms with van der Waals surface area (Å²) in [5, 5.41) is 9.88. The van der Waals surface area contributed by atoms with E-state index in [-0.39, 0.29) is 42.2 Å². The van der Waals surface area contributed by atoms with Crippen molar-refractivity contribution in [1.82, 2.24) is 9.47 Å². The molecule has 2 saturated heterocycles. The second-order valence-corrected chi connectivity index (χ2v) is 18.1. The Morgan fingerprint density at radius 3 is 2.60 bits per heavy atom. The molecule has 4 heterocycles. The molecule has 1 spiro atoms. The van der Waals surface area contributed by atoms with Gasteiger partial charge in [-0.05, 0) is 89.9 Å². The zero-order valence-electron chi connectivity index (χ0n) is 29.3. The molecule has 0 aliphatic carbocycles. The summed E-state index contributed by atoms with van der Waals surface area (Å²) in [6, 6.07) is 8.46. The van der Waals surface area contributed by atoms with Crippen molar-refractivity contribution >= 4 is 25.9 Å². The van der Waals surface area contributed by atoms with Crippen LogP contribution in [0.4, 0.5) is 9.80 Å². The van der Waals surface area contributed by atoms with Crippen LogP contribution in [0.1, 0.15) is 65.4 Å². The number of carbonyl (C=O) groups is 2. The molecule has 2 fully saturated rings. The van der Waals surface area contributed by atoms with E-state index in [1.807, 2.05) is 19.1 Å². The predicted molar refractivity (Wildman–Crippen MR) is 188 cm³/mol. The third-order valence-electron chi connectivity index (χ3n) is 10.4. The fourth-order valence-corrected chi connectivity index (χ4v) is 10.5. The summed E-state index contributed by atoms with van der Waals surface area (Å²) in [7, 11) is -2.07. The van der Waals surface area contributed by atoms with Crippen LogP contribution in [-0.4, -0.2) is 73.7 Å². The Morgan fingerprint density at radius 2 is 1.94 bits per heavy atom. The van der Waals surface area contributed by atoms with Gasteiger partial charge in [-0.2, -0.15) is 0 Å². The number of ether oxygens (including phenoxy) is 2. The summed E-state index contributed by atoms with van der Waals surface area (Å²) < 4.78 is 30.0. The van der Waals surface area contributed by atoms with E-state index < -0.39 is 31.6 Å². The number of likely N-dealkylation sites (tertiary alicyclic amines) is 1. The standard InChI is InChI=1S/C37H50FN3O6Si/c1-24(2)11-8-12-25(3)17-20-41-30-16-15-27(40-19-10-14-31(46-5)35(40)44)21-29(30)37(36(41)45)26(4)34(48(6,7)38)32(47-37)22-33(43)39-18-9-13-28(39)23-42/h10-11,14-17,19,21,26,28,32,34,42H,8-9,12-13,18,20,22-23H2,1-7H3/b25-17+/t26-,28+,32+,34-,37+/m1/s1. The van der Waals surface area contributed by atoms with Crippen LogP contribution in [0.15, 0.2) is 64.6 Å². The fourth-order valence-electron chi connectivity index (χ4n) is 7.98. The molecule has 0 unspecified atom stereocenters. The zero-order valence-corrected chi connectivity index (χ0v) is 30.3. The monoisotopic (exact) mass is 679 g/mol. The number of nitrogens with zero attached hydrogens (tertiary/aromatic N) is 3. The van der Waals surface area contributed by atoms with Crippen LogP contribution in [0.3, 0.4) is 0 Å². The highest BCUT2D eigenvalue weighted by molar-refractivity contribution is 6.72. The smallest absolute Gasteiger partial charge is 0.297 e. The lowest BCUT2D eigenvalue weighted by Crippen LogP contribution is -2.45. The van der Waals surface area contributed by atoms with Gasteiger partial charge in [0.25, 0.3) is 11.5 Å². The van der Waals surface area contributed by atoms with Gasteiger partial charge in [0.1, 0.15) is 0 Å². The number of hydrogen-bond acceptors (Lipinski definition) is 6. The SMILES string of the molecule is COc1cccn(-c2ccc3c(c2)[C@]2(O[C@@H](CC(=O)N4CCC[C@H]4CO)[C@H]([Si](C)(C)F)[C@H]2C)C(=O)N3C/C=C(\C)CCC=C(C)C)c1=O. The number of benzene rings is 1. The maximum absolute atomic E-state index is 16.4. The normalized spacial score (nSPS) is 25.6. The molecule has 260 valence electrons. The number of pyridine rings is 1. The van der Waals surface area contributed by atoms with Crippen molar-refractivity contribution in [2.45, 2.75) is 96.2 Å². The zero-order chi connectivity index (χ0) is 35.0. The molecule has 3 aliphatic heterocycles. The third kappa shape index (κ3) is 6.56. The highest BCUT2D eigenvalue weighted by Crippen LogP contribution is 2.60. The van der Waals surface area contributed by atoms with Crippen molar-refractivity contribution < 1.29 is 28.3 Å². The Hall–Kier alpha value is -3.54. The van der Waals surface area contributed by atoms with E-state index in [4.69, 9.17) is 9.47 Å². The van der Waals surface area contributed by atoms with Gasteiger partial charge >= 0.3 is 0 Å². The second kappa shape index (κ2) is 14.1. The van der Waals surface area contributed by atoms with E-state index in [1.54, 1.807) is 53.4 Å². The number of methoxy groups -OCH3 is 1. The Kier molecular flexibility index (Phi) is 10.5. The Morgan fingerprint density at radius 1 is 1.19 bits per heavy atom. The summed E-state index contributed by atoms with van der Waals surface area (Å²) in [5.74, 6) is -0.902. The molecular formula is C37H50FN3O6Si. The van der Waals surface area contributed by atoms with Crippen molar-refractivity contribution in [3.8, 4) is 11.4 Å². The molecule has 1 aromatic heterocycles. The number of halogens is 1. The van der Waals surface area contributed by atoms with Gasteiger partial charge in [0.05, 0.1) is 38.0 Å². The number of aliphatic hydroxyl groups excluding tert-OH is 1. The average Bonchev–Trinajstić information content (AvgIpc) is 3.69. The van der Waals surface area contributed by atoms with E-state index >= 15 is 4.11 Å². The predicted octanol–water partition coefficient (Wildman–Crippen LogP) is 6.03. The third-order valence-corrected chi connectivity index (χ3v) is 12.8. The van der Waals surface area contributed by atoms with Crippen LogP contribution in [0.25, 0.3) is 5.69 Å². The van der Waals surface area contributed by atoms with Crippen molar-refractivity contribution in [2.24, 2.45) is 5.92 Å². The average molecular weight is 680 g/mol. The number of hydrogen-bond donors (Lipinski definition) is 1. The van der Waals surface area contributed by atoms with Crippen molar-refractivity contribution in [2.75, 3.05) is 31.7 Å². The lowest BCUT2D eigenvalue weighted by Gasteiger charge is -2.31. The summed E-state index contributed by atoms with van der Waals surface area (Å²) in [6.45, 7) is 12.0. The maximum Gasteiger partial charge on any atom is 0.297 e. The number of allylic oxidation sites excluding steroid dienone is 3.